The number of pyridine rings is 1. The topological polar surface area (TPSA) is 139 Å². The summed E-state index contributed by atoms with van der Waals surface area (Å²) in [5.74, 6) is -1.36. The molecule has 4 rings (SSSR count). The zero-order chi connectivity index (χ0) is 25.5. The van der Waals surface area contributed by atoms with Gasteiger partial charge in [0.15, 0.2) is 6.61 Å². The van der Waals surface area contributed by atoms with Crippen LogP contribution in [0.5, 0.6) is 11.6 Å². The van der Waals surface area contributed by atoms with E-state index in [9.17, 15) is 20.0 Å². The lowest BCUT2D eigenvalue weighted by molar-refractivity contribution is -0.142. The van der Waals surface area contributed by atoms with Crippen LogP contribution >= 0.6 is 0 Å². The van der Waals surface area contributed by atoms with Crippen LogP contribution in [0.4, 0.5) is 5.69 Å². The molecule has 1 fully saturated rings. The minimum Gasteiger partial charge on any atom is -0.488 e. The van der Waals surface area contributed by atoms with Gasteiger partial charge in [-0.05, 0) is 36.6 Å². The zero-order valence-corrected chi connectivity index (χ0v) is 19.6. The van der Waals surface area contributed by atoms with Crippen LogP contribution in [0.1, 0.15) is 24.0 Å². The second-order valence-electron chi connectivity index (χ2n) is 8.44. The molecular weight excluding hydrogens is 460 g/mol. The molecular formula is C27H26N4O5. The Bertz CT molecular complexity index is 1280. The van der Waals surface area contributed by atoms with Gasteiger partial charge in [-0.25, -0.2) is 4.98 Å². The Balaban J connectivity index is 1.72. The highest BCUT2D eigenvalue weighted by Crippen LogP contribution is 2.37. The van der Waals surface area contributed by atoms with Crippen LogP contribution in [0.2, 0.25) is 0 Å². The van der Waals surface area contributed by atoms with Crippen LogP contribution in [-0.2, 0) is 16.2 Å². The number of benzene rings is 2. The SMILES string of the molecule is N#Cc1c(N2CCC(C(=O)O)CC2)cc(-c2ccccc2OCc2ccccc2)nc1OCC(N)=O. The first-order valence-electron chi connectivity index (χ1n) is 11.6. The largest absolute Gasteiger partial charge is 0.488 e. The molecule has 0 bridgehead atoms. The van der Waals surface area contributed by atoms with E-state index in [4.69, 9.17) is 15.2 Å². The summed E-state index contributed by atoms with van der Waals surface area (Å²) in [6, 6.07) is 21.1. The summed E-state index contributed by atoms with van der Waals surface area (Å²) in [5.41, 5.74) is 8.17. The molecule has 0 spiro atoms. The number of nitrogens with zero attached hydrogens (tertiary/aromatic N) is 3. The molecule has 0 saturated carbocycles. The van der Waals surface area contributed by atoms with E-state index in [-0.39, 0.29) is 11.4 Å². The number of hydrogen-bond donors (Lipinski definition) is 2. The summed E-state index contributed by atoms with van der Waals surface area (Å²) < 4.78 is 11.6. The van der Waals surface area contributed by atoms with E-state index < -0.39 is 24.4 Å². The van der Waals surface area contributed by atoms with E-state index in [2.05, 4.69) is 11.1 Å². The number of carbonyl (C=O) groups excluding carboxylic acids is 1. The Morgan fingerprint density at radius 1 is 1.08 bits per heavy atom. The Morgan fingerprint density at radius 3 is 2.44 bits per heavy atom. The molecule has 9 heteroatoms. The minimum atomic E-state index is -0.819. The average molecular weight is 487 g/mol. The normalized spacial score (nSPS) is 13.6. The van der Waals surface area contributed by atoms with Crippen LogP contribution in [0.25, 0.3) is 11.3 Å². The average Bonchev–Trinajstić information content (AvgIpc) is 2.91. The predicted octanol–water partition coefficient (Wildman–Crippen LogP) is 3.36. The van der Waals surface area contributed by atoms with Gasteiger partial charge in [-0.2, -0.15) is 5.26 Å². The van der Waals surface area contributed by atoms with Crippen molar-refractivity contribution in [3.05, 3.63) is 71.8 Å². The van der Waals surface area contributed by atoms with E-state index in [0.717, 1.165) is 5.56 Å². The van der Waals surface area contributed by atoms with Crippen molar-refractivity contribution in [2.75, 3.05) is 24.6 Å². The van der Waals surface area contributed by atoms with Crippen molar-refractivity contribution in [2.45, 2.75) is 19.4 Å². The molecule has 0 radical (unpaired) electrons. The zero-order valence-electron chi connectivity index (χ0n) is 19.6. The van der Waals surface area contributed by atoms with Gasteiger partial charge in [0.25, 0.3) is 5.91 Å². The molecule has 0 aliphatic carbocycles. The summed E-state index contributed by atoms with van der Waals surface area (Å²) in [6.45, 7) is 0.833. The van der Waals surface area contributed by atoms with Crippen LogP contribution in [0, 0.1) is 17.2 Å². The molecule has 1 amide bonds. The van der Waals surface area contributed by atoms with Gasteiger partial charge in [-0.15, -0.1) is 0 Å². The van der Waals surface area contributed by atoms with Gasteiger partial charge in [0, 0.05) is 18.7 Å². The highest BCUT2D eigenvalue weighted by Gasteiger charge is 2.28. The molecule has 2 heterocycles. The van der Waals surface area contributed by atoms with E-state index >= 15 is 0 Å². The number of carboxylic acid groups (broad SMARTS) is 1. The minimum absolute atomic E-state index is 0.0120. The second kappa shape index (κ2) is 11.2. The summed E-state index contributed by atoms with van der Waals surface area (Å²) in [5, 5.41) is 19.3. The molecule has 2 aromatic carbocycles. The third kappa shape index (κ3) is 5.73. The number of aromatic nitrogens is 1. The Kier molecular flexibility index (Phi) is 7.66. The lowest BCUT2D eigenvalue weighted by atomic mass is 9.96. The first kappa shape index (κ1) is 24.5. The molecule has 3 aromatic rings. The highest BCUT2D eigenvalue weighted by atomic mass is 16.5. The molecule has 1 aliphatic rings. The molecule has 1 saturated heterocycles. The van der Waals surface area contributed by atoms with Crippen LogP contribution < -0.4 is 20.1 Å². The molecule has 1 aromatic heterocycles. The molecule has 184 valence electrons. The van der Waals surface area contributed by atoms with Gasteiger partial charge in [0.2, 0.25) is 5.88 Å². The summed E-state index contributed by atoms with van der Waals surface area (Å²) in [7, 11) is 0. The van der Waals surface area contributed by atoms with Crippen molar-refractivity contribution < 1.29 is 24.2 Å². The maximum absolute atomic E-state index is 11.4. The number of carbonyl (C=O) groups is 2. The monoisotopic (exact) mass is 486 g/mol. The van der Waals surface area contributed by atoms with Gasteiger partial charge < -0.3 is 25.2 Å². The highest BCUT2D eigenvalue weighted by molar-refractivity contribution is 5.78. The van der Waals surface area contributed by atoms with E-state index in [1.54, 1.807) is 6.07 Å². The third-order valence-corrected chi connectivity index (χ3v) is 6.01. The molecule has 36 heavy (non-hydrogen) atoms. The third-order valence-electron chi connectivity index (χ3n) is 6.01. The van der Waals surface area contributed by atoms with Gasteiger partial charge in [0.05, 0.1) is 17.3 Å². The molecule has 0 atom stereocenters. The summed E-state index contributed by atoms with van der Waals surface area (Å²) in [4.78, 5) is 29.3. The molecule has 0 unspecified atom stereocenters. The molecule has 3 N–H and O–H groups in total. The smallest absolute Gasteiger partial charge is 0.306 e. The number of piperidine rings is 1. The maximum atomic E-state index is 11.4. The number of anilines is 1. The van der Waals surface area contributed by atoms with Crippen LogP contribution in [0.3, 0.4) is 0 Å². The lowest BCUT2D eigenvalue weighted by Crippen LogP contribution is -2.36. The Labute approximate surface area is 208 Å². The molecule has 1 aliphatic heterocycles. The van der Waals surface area contributed by atoms with Crippen molar-refractivity contribution >= 4 is 17.6 Å². The predicted molar refractivity (Wildman–Crippen MR) is 132 cm³/mol. The number of rotatable bonds is 9. The van der Waals surface area contributed by atoms with Gasteiger partial charge >= 0.3 is 5.97 Å². The van der Waals surface area contributed by atoms with Crippen molar-refractivity contribution in [2.24, 2.45) is 11.7 Å². The standard InChI is InChI=1S/C27H26N4O5/c28-15-21-23(31-12-10-19(11-13-31)27(33)34)14-22(30-26(21)36-17-25(29)32)20-8-4-5-9-24(20)35-16-18-6-2-1-3-7-18/h1-9,14,19H,10-13,16-17H2,(H2,29,32)(H,33,34). The number of aliphatic carboxylic acids is 1. The number of amides is 1. The Morgan fingerprint density at radius 2 is 1.78 bits per heavy atom. The Hall–Kier alpha value is -4.58. The van der Waals surface area contributed by atoms with Gasteiger partial charge in [-0.1, -0.05) is 42.5 Å². The number of carboxylic acids is 1. The van der Waals surface area contributed by atoms with E-state index in [0.29, 0.717) is 55.2 Å². The van der Waals surface area contributed by atoms with Crippen molar-refractivity contribution in [3.63, 3.8) is 0 Å². The van der Waals surface area contributed by atoms with E-state index in [1.807, 2.05) is 59.5 Å². The van der Waals surface area contributed by atoms with Crippen LogP contribution in [-0.4, -0.2) is 41.7 Å². The lowest BCUT2D eigenvalue weighted by Gasteiger charge is -2.33. The van der Waals surface area contributed by atoms with Gasteiger partial charge in [0.1, 0.15) is 24.0 Å². The van der Waals surface area contributed by atoms with Crippen LogP contribution in [0.15, 0.2) is 60.7 Å². The first-order valence-corrected chi connectivity index (χ1v) is 11.6. The summed E-state index contributed by atoms with van der Waals surface area (Å²) >= 11 is 0. The maximum Gasteiger partial charge on any atom is 0.306 e. The fraction of sp³-hybridized carbons (Fsp3) is 0.259. The number of nitriles is 1. The van der Waals surface area contributed by atoms with Crippen molar-refractivity contribution in [3.8, 4) is 29.0 Å². The quantitative estimate of drug-likeness (QED) is 0.469. The number of para-hydroxylation sites is 1. The number of primary amides is 1. The molecule has 9 nitrogen and oxygen atoms in total. The van der Waals surface area contributed by atoms with Crippen molar-refractivity contribution in [1.82, 2.24) is 4.98 Å². The van der Waals surface area contributed by atoms with Gasteiger partial charge in [-0.3, -0.25) is 9.59 Å². The second-order valence-corrected chi connectivity index (χ2v) is 8.44. The number of ether oxygens (including phenoxy) is 2. The number of hydrogen-bond acceptors (Lipinski definition) is 7. The summed E-state index contributed by atoms with van der Waals surface area (Å²) in [6.07, 6.45) is 0.901. The fourth-order valence-electron chi connectivity index (χ4n) is 4.15. The van der Waals surface area contributed by atoms with E-state index in [1.165, 1.54) is 0 Å². The number of nitrogens with two attached hydrogens (primary N) is 1. The first-order chi connectivity index (χ1) is 17.5. The fourth-order valence-corrected chi connectivity index (χ4v) is 4.15. The van der Waals surface area contributed by atoms with Crippen molar-refractivity contribution in [1.29, 1.82) is 5.26 Å².